The largest absolute Gasteiger partial charge is 0.371 e. The molecule has 2 rings (SSSR count). The molecule has 0 aromatic carbocycles. The molecule has 2 heterocycles. The molecule has 0 amide bonds. The van der Waals surface area contributed by atoms with E-state index in [2.05, 4.69) is 20.5 Å². The first kappa shape index (κ1) is 13.0. The number of anilines is 2. The smallest absolute Gasteiger partial charge is 0.168 e. The lowest BCUT2D eigenvalue weighted by Gasteiger charge is -2.15. The first-order valence-electron chi connectivity index (χ1n) is 6.20. The molecular formula is C12H18F2N4. The fourth-order valence-corrected chi connectivity index (χ4v) is 2.10. The number of aromatic nitrogens is 1. The Morgan fingerprint density at radius 2 is 1.89 bits per heavy atom. The Bertz CT molecular complexity index is 405. The van der Waals surface area contributed by atoms with Crippen LogP contribution in [0.1, 0.15) is 12.8 Å². The monoisotopic (exact) mass is 256 g/mol. The van der Waals surface area contributed by atoms with Crippen LogP contribution in [0.4, 0.5) is 20.4 Å². The normalized spacial score (nSPS) is 15.9. The topological polar surface area (TPSA) is 40.2 Å². The highest BCUT2D eigenvalue weighted by Gasteiger charge is 2.13. The maximum Gasteiger partial charge on any atom is 0.168 e. The second-order valence-corrected chi connectivity index (χ2v) is 4.37. The maximum absolute atomic E-state index is 13.5. The lowest BCUT2D eigenvalue weighted by Crippen LogP contribution is -2.26. The summed E-state index contributed by atoms with van der Waals surface area (Å²) in [5.74, 6) is -1.19. The van der Waals surface area contributed by atoms with E-state index >= 15 is 0 Å². The average Bonchev–Trinajstić information content (AvgIpc) is 2.85. The third-order valence-corrected chi connectivity index (χ3v) is 3.09. The molecule has 0 saturated carbocycles. The van der Waals surface area contributed by atoms with Crippen molar-refractivity contribution in [2.45, 2.75) is 12.8 Å². The molecule has 0 radical (unpaired) electrons. The fraction of sp³-hybridized carbons (Fsp3) is 0.583. The Hall–Kier alpha value is -1.43. The van der Waals surface area contributed by atoms with Gasteiger partial charge in [-0.3, -0.25) is 0 Å². The molecule has 0 bridgehead atoms. The Balaban J connectivity index is 1.91. The standard InChI is InChI=1S/C12H18F2N4/c1-15-11-9(13)8-10(14)12(17-11)16-4-7-18-5-2-3-6-18/h8H,2-7H2,1H3,(H2,15,16,17). The predicted molar refractivity (Wildman–Crippen MR) is 67.9 cm³/mol. The van der Waals surface area contributed by atoms with E-state index < -0.39 is 11.6 Å². The summed E-state index contributed by atoms with van der Waals surface area (Å²) in [5.41, 5.74) is 0. The van der Waals surface area contributed by atoms with E-state index in [1.807, 2.05) is 0 Å². The van der Waals surface area contributed by atoms with Crippen LogP contribution in [0.3, 0.4) is 0 Å². The van der Waals surface area contributed by atoms with Gasteiger partial charge in [-0.25, -0.2) is 13.8 Å². The van der Waals surface area contributed by atoms with Gasteiger partial charge in [-0.2, -0.15) is 0 Å². The van der Waals surface area contributed by atoms with Gasteiger partial charge < -0.3 is 15.5 Å². The average molecular weight is 256 g/mol. The van der Waals surface area contributed by atoms with E-state index in [0.717, 1.165) is 25.7 Å². The van der Waals surface area contributed by atoms with Crippen molar-refractivity contribution >= 4 is 11.6 Å². The summed E-state index contributed by atoms with van der Waals surface area (Å²) in [4.78, 5) is 6.18. The van der Waals surface area contributed by atoms with E-state index in [9.17, 15) is 8.78 Å². The number of nitrogens with zero attached hydrogens (tertiary/aromatic N) is 2. The van der Waals surface area contributed by atoms with Crippen LogP contribution in [0.2, 0.25) is 0 Å². The minimum absolute atomic E-state index is 0.0556. The Labute approximate surface area is 105 Å². The van der Waals surface area contributed by atoms with Gasteiger partial charge in [0.2, 0.25) is 0 Å². The van der Waals surface area contributed by atoms with Crippen LogP contribution >= 0.6 is 0 Å². The third kappa shape index (κ3) is 3.07. The van der Waals surface area contributed by atoms with Gasteiger partial charge in [-0.15, -0.1) is 0 Å². The Morgan fingerprint density at radius 3 is 2.56 bits per heavy atom. The number of hydrogen-bond acceptors (Lipinski definition) is 4. The summed E-state index contributed by atoms with van der Waals surface area (Å²) < 4.78 is 26.7. The number of nitrogens with one attached hydrogen (secondary N) is 2. The van der Waals surface area contributed by atoms with Gasteiger partial charge in [0, 0.05) is 26.2 Å². The first-order chi connectivity index (χ1) is 8.70. The lowest BCUT2D eigenvalue weighted by molar-refractivity contribution is 0.352. The zero-order chi connectivity index (χ0) is 13.0. The van der Waals surface area contributed by atoms with Gasteiger partial charge in [0.25, 0.3) is 0 Å². The predicted octanol–water partition coefficient (Wildman–Crippen LogP) is 1.91. The van der Waals surface area contributed by atoms with Gasteiger partial charge in [0.15, 0.2) is 23.3 Å². The molecule has 0 aliphatic carbocycles. The molecule has 18 heavy (non-hydrogen) atoms. The number of pyridine rings is 1. The summed E-state index contributed by atoms with van der Waals surface area (Å²) in [5, 5.41) is 5.50. The van der Waals surface area contributed by atoms with Crippen molar-refractivity contribution in [1.82, 2.24) is 9.88 Å². The molecule has 1 saturated heterocycles. The molecule has 0 spiro atoms. The number of likely N-dealkylation sites (tertiary alicyclic amines) is 1. The molecule has 0 atom stereocenters. The van der Waals surface area contributed by atoms with Crippen LogP contribution in [-0.4, -0.2) is 43.1 Å². The van der Waals surface area contributed by atoms with Crippen molar-refractivity contribution in [1.29, 1.82) is 0 Å². The van der Waals surface area contributed by atoms with Crippen molar-refractivity contribution in [2.75, 3.05) is 43.9 Å². The second-order valence-electron chi connectivity index (χ2n) is 4.37. The summed E-state index contributed by atoms with van der Waals surface area (Å²) >= 11 is 0. The highest BCUT2D eigenvalue weighted by atomic mass is 19.1. The first-order valence-corrected chi connectivity index (χ1v) is 6.20. The summed E-state index contributed by atoms with van der Waals surface area (Å²) in [7, 11) is 1.55. The molecule has 4 nitrogen and oxygen atoms in total. The van der Waals surface area contributed by atoms with E-state index in [0.29, 0.717) is 6.54 Å². The van der Waals surface area contributed by atoms with Gasteiger partial charge in [-0.1, -0.05) is 0 Å². The van der Waals surface area contributed by atoms with Crippen LogP contribution in [0.25, 0.3) is 0 Å². The van der Waals surface area contributed by atoms with Crippen LogP contribution < -0.4 is 10.6 Å². The molecule has 1 aromatic rings. The molecule has 0 unspecified atom stereocenters. The van der Waals surface area contributed by atoms with E-state index in [-0.39, 0.29) is 11.6 Å². The van der Waals surface area contributed by atoms with Crippen LogP contribution in [-0.2, 0) is 0 Å². The molecule has 1 aliphatic rings. The minimum Gasteiger partial charge on any atom is -0.371 e. The third-order valence-electron chi connectivity index (χ3n) is 3.09. The van der Waals surface area contributed by atoms with E-state index in [1.165, 1.54) is 12.8 Å². The van der Waals surface area contributed by atoms with Crippen LogP contribution in [0.15, 0.2) is 6.07 Å². The molecular weight excluding hydrogens is 238 g/mol. The van der Waals surface area contributed by atoms with Crippen LogP contribution in [0, 0.1) is 11.6 Å². The fourth-order valence-electron chi connectivity index (χ4n) is 2.10. The highest BCUT2D eigenvalue weighted by Crippen LogP contribution is 2.18. The SMILES string of the molecule is CNc1nc(NCCN2CCCC2)c(F)cc1F. The maximum atomic E-state index is 13.5. The van der Waals surface area contributed by atoms with Crippen molar-refractivity contribution < 1.29 is 8.78 Å². The van der Waals surface area contributed by atoms with Gasteiger partial charge in [0.1, 0.15) is 0 Å². The van der Waals surface area contributed by atoms with Gasteiger partial charge >= 0.3 is 0 Å². The Morgan fingerprint density at radius 1 is 1.22 bits per heavy atom. The van der Waals surface area contributed by atoms with Crippen molar-refractivity contribution in [3.8, 4) is 0 Å². The summed E-state index contributed by atoms with van der Waals surface area (Å²) in [6, 6.07) is 0.844. The van der Waals surface area contributed by atoms with Crippen molar-refractivity contribution in [3.05, 3.63) is 17.7 Å². The highest BCUT2D eigenvalue weighted by molar-refractivity contribution is 5.47. The van der Waals surface area contributed by atoms with Gasteiger partial charge in [0.05, 0.1) is 0 Å². The molecule has 2 N–H and O–H groups in total. The minimum atomic E-state index is -0.680. The molecule has 1 aliphatic heterocycles. The van der Waals surface area contributed by atoms with E-state index in [1.54, 1.807) is 7.05 Å². The molecule has 1 fully saturated rings. The molecule has 1 aromatic heterocycles. The quantitative estimate of drug-likeness (QED) is 0.844. The second kappa shape index (κ2) is 5.95. The number of rotatable bonds is 5. The van der Waals surface area contributed by atoms with Gasteiger partial charge in [-0.05, 0) is 25.9 Å². The van der Waals surface area contributed by atoms with Crippen molar-refractivity contribution in [2.24, 2.45) is 0 Å². The zero-order valence-electron chi connectivity index (χ0n) is 10.5. The Kier molecular flexibility index (Phi) is 4.30. The summed E-state index contributed by atoms with van der Waals surface area (Å²) in [6.45, 7) is 3.66. The molecule has 6 heteroatoms. The van der Waals surface area contributed by atoms with E-state index in [4.69, 9.17) is 0 Å². The summed E-state index contributed by atoms with van der Waals surface area (Å²) in [6.07, 6.45) is 2.46. The molecule has 100 valence electrons. The zero-order valence-corrected chi connectivity index (χ0v) is 10.5. The number of halogens is 2. The number of hydrogen-bond donors (Lipinski definition) is 2. The van der Waals surface area contributed by atoms with Crippen LogP contribution in [0.5, 0.6) is 0 Å². The van der Waals surface area contributed by atoms with Crippen molar-refractivity contribution in [3.63, 3.8) is 0 Å². The lowest BCUT2D eigenvalue weighted by atomic mass is 10.4.